The van der Waals surface area contributed by atoms with Gasteiger partial charge in [-0.05, 0) is 38.0 Å². The fraction of sp³-hybridized carbons (Fsp3) is 0.294. The van der Waals surface area contributed by atoms with Gasteiger partial charge in [-0.3, -0.25) is 0 Å². The van der Waals surface area contributed by atoms with E-state index in [1.54, 1.807) is 6.20 Å². The molecule has 0 unspecified atom stereocenters. The predicted molar refractivity (Wildman–Crippen MR) is 93.3 cm³/mol. The van der Waals surface area contributed by atoms with Gasteiger partial charge in [-0.1, -0.05) is 23.7 Å². The molecule has 1 aromatic carbocycles. The monoisotopic (exact) mass is 329 g/mol. The fourth-order valence-corrected chi connectivity index (χ4v) is 2.68. The molecule has 3 rings (SSSR count). The van der Waals surface area contributed by atoms with Crippen molar-refractivity contribution in [2.75, 3.05) is 5.32 Å². The minimum Gasteiger partial charge on any atom is -0.375 e. The van der Waals surface area contributed by atoms with Crippen molar-refractivity contribution in [3.8, 4) is 5.69 Å². The molecule has 3 aromatic rings. The summed E-state index contributed by atoms with van der Waals surface area (Å²) < 4.78 is 3.83. The first kappa shape index (κ1) is 15.6. The Morgan fingerprint density at radius 1 is 1.17 bits per heavy atom. The molecule has 0 aliphatic carbocycles. The first-order chi connectivity index (χ1) is 11.0. The average Bonchev–Trinajstić information content (AvgIpc) is 3.04. The number of imidazole rings is 1. The zero-order valence-electron chi connectivity index (χ0n) is 13.8. The number of hydrogen-bond donors (Lipinski definition) is 1. The van der Waals surface area contributed by atoms with Crippen LogP contribution in [0.3, 0.4) is 0 Å². The molecule has 0 spiro atoms. The lowest BCUT2D eigenvalue weighted by Crippen LogP contribution is -2.07. The molecule has 0 aliphatic heterocycles. The number of benzene rings is 1. The van der Waals surface area contributed by atoms with Gasteiger partial charge in [0.1, 0.15) is 11.0 Å². The van der Waals surface area contributed by atoms with E-state index in [4.69, 9.17) is 11.6 Å². The summed E-state index contributed by atoms with van der Waals surface area (Å²) in [7, 11) is 1.90. The van der Waals surface area contributed by atoms with Crippen LogP contribution in [0.25, 0.3) is 5.69 Å². The second-order valence-electron chi connectivity index (χ2n) is 5.76. The van der Waals surface area contributed by atoms with Gasteiger partial charge in [0.05, 0.1) is 36.0 Å². The Kier molecular flexibility index (Phi) is 4.13. The molecule has 0 bridgehead atoms. The Morgan fingerprint density at radius 2 is 1.96 bits per heavy atom. The molecule has 0 aliphatic rings. The van der Waals surface area contributed by atoms with Gasteiger partial charge in [-0.15, -0.1) is 0 Å². The third-order valence-electron chi connectivity index (χ3n) is 4.07. The SMILES string of the molecule is Cc1ccc(C)c(-n2ncc(NCc3ncc(Cl)n3C)c2C)c1. The Balaban J connectivity index is 1.85. The zero-order valence-corrected chi connectivity index (χ0v) is 14.5. The maximum atomic E-state index is 6.02. The molecular formula is C17H20ClN5. The van der Waals surface area contributed by atoms with E-state index in [0.29, 0.717) is 11.7 Å². The second-order valence-corrected chi connectivity index (χ2v) is 6.14. The molecule has 0 atom stereocenters. The Hall–Kier alpha value is -2.27. The summed E-state index contributed by atoms with van der Waals surface area (Å²) in [6.07, 6.45) is 3.51. The third kappa shape index (κ3) is 2.97. The van der Waals surface area contributed by atoms with Crippen molar-refractivity contribution in [3.63, 3.8) is 0 Å². The van der Waals surface area contributed by atoms with Gasteiger partial charge in [0.15, 0.2) is 0 Å². The van der Waals surface area contributed by atoms with Crippen LogP contribution in [0, 0.1) is 20.8 Å². The maximum Gasteiger partial charge on any atom is 0.128 e. The van der Waals surface area contributed by atoms with Gasteiger partial charge < -0.3 is 9.88 Å². The molecule has 5 nitrogen and oxygen atoms in total. The van der Waals surface area contributed by atoms with Crippen molar-refractivity contribution in [1.82, 2.24) is 19.3 Å². The van der Waals surface area contributed by atoms with Crippen LogP contribution in [0.4, 0.5) is 5.69 Å². The maximum absolute atomic E-state index is 6.02. The van der Waals surface area contributed by atoms with E-state index >= 15 is 0 Å². The highest BCUT2D eigenvalue weighted by atomic mass is 35.5. The zero-order chi connectivity index (χ0) is 16.6. The largest absolute Gasteiger partial charge is 0.375 e. The topological polar surface area (TPSA) is 47.7 Å². The van der Waals surface area contributed by atoms with Gasteiger partial charge in [-0.2, -0.15) is 5.10 Å². The van der Waals surface area contributed by atoms with Gasteiger partial charge in [0.2, 0.25) is 0 Å². The van der Waals surface area contributed by atoms with Crippen LogP contribution in [0.5, 0.6) is 0 Å². The molecule has 0 saturated heterocycles. The number of nitrogens with one attached hydrogen (secondary N) is 1. The van der Waals surface area contributed by atoms with Crippen LogP contribution >= 0.6 is 11.6 Å². The average molecular weight is 330 g/mol. The minimum atomic E-state index is 0.600. The van der Waals surface area contributed by atoms with E-state index in [1.807, 2.05) is 22.5 Å². The fourth-order valence-electron chi connectivity index (χ4n) is 2.54. The number of aryl methyl sites for hydroxylation is 2. The summed E-state index contributed by atoms with van der Waals surface area (Å²) in [4.78, 5) is 4.29. The van der Waals surface area contributed by atoms with Crippen molar-refractivity contribution in [2.45, 2.75) is 27.3 Å². The Morgan fingerprint density at radius 3 is 2.65 bits per heavy atom. The molecule has 6 heteroatoms. The van der Waals surface area contributed by atoms with Crippen molar-refractivity contribution in [2.24, 2.45) is 7.05 Å². The number of rotatable bonds is 4. The van der Waals surface area contributed by atoms with Crippen molar-refractivity contribution >= 4 is 17.3 Å². The molecule has 0 radical (unpaired) electrons. The lowest BCUT2D eigenvalue weighted by Gasteiger charge is -2.10. The van der Waals surface area contributed by atoms with Crippen molar-refractivity contribution in [1.29, 1.82) is 0 Å². The number of aromatic nitrogens is 4. The van der Waals surface area contributed by atoms with Crippen LogP contribution in [-0.4, -0.2) is 19.3 Å². The lowest BCUT2D eigenvalue weighted by atomic mass is 10.1. The second kappa shape index (κ2) is 6.08. The van der Waals surface area contributed by atoms with Gasteiger partial charge in [-0.25, -0.2) is 9.67 Å². The summed E-state index contributed by atoms with van der Waals surface area (Å²) in [5.41, 5.74) is 5.58. The van der Waals surface area contributed by atoms with E-state index in [1.165, 1.54) is 11.1 Å². The minimum absolute atomic E-state index is 0.600. The molecule has 0 amide bonds. The number of anilines is 1. The summed E-state index contributed by atoms with van der Waals surface area (Å²) >= 11 is 6.02. The Bertz CT molecular complexity index is 847. The standard InChI is InChI=1S/C17H20ClN5/c1-11-5-6-12(2)15(7-11)23-13(3)14(8-21-23)19-10-17-20-9-16(18)22(17)4/h5-9,19H,10H2,1-4H3. The number of nitrogens with zero attached hydrogens (tertiary/aromatic N) is 4. The molecule has 23 heavy (non-hydrogen) atoms. The van der Waals surface area contributed by atoms with E-state index < -0.39 is 0 Å². The molecule has 1 N–H and O–H groups in total. The lowest BCUT2D eigenvalue weighted by molar-refractivity contribution is 0.812. The van der Waals surface area contributed by atoms with Gasteiger partial charge in [0.25, 0.3) is 0 Å². The highest BCUT2D eigenvalue weighted by Crippen LogP contribution is 2.22. The molecule has 2 aromatic heterocycles. The molecule has 2 heterocycles. The van der Waals surface area contributed by atoms with Gasteiger partial charge >= 0.3 is 0 Å². The predicted octanol–water partition coefficient (Wildman–Crippen LogP) is 3.80. The van der Waals surface area contributed by atoms with E-state index in [0.717, 1.165) is 22.9 Å². The number of halogens is 1. The molecular weight excluding hydrogens is 310 g/mol. The van der Waals surface area contributed by atoms with E-state index in [9.17, 15) is 0 Å². The van der Waals surface area contributed by atoms with Crippen LogP contribution in [-0.2, 0) is 13.6 Å². The van der Waals surface area contributed by atoms with Crippen LogP contribution in [0.15, 0.2) is 30.6 Å². The molecule has 0 fully saturated rings. The molecule has 0 saturated carbocycles. The normalized spacial score (nSPS) is 11.0. The first-order valence-electron chi connectivity index (χ1n) is 7.49. The first-order valence-corrected chi connectivity index (χ1v) is 7.87. The molecule has 120 valence electrons. The summed E-state index contributed by atoms with van der Waals surface area (Å²) in [6, 6.07) is 6.38. The number of hydrogen-bond acceptors (Lipinski definition) is 3. The van der Waals surface area contributed by atoms with Crippen molar-refractivity contribution < 1.29 is 0 Å². The highest BCUT2D eigenvalue weighted by molar-refractivity contribution is 6.29. The van der Waals surface area contributed by atoms with Crippen molar-refractivity contribution in [3.05, 3.63) is 58.4 Å². The smallest absolute Gasteiger partial charge is 0.128 e. The van der Waals surface area contributed by atoms with E-state index in [-0.39, 0.29) is 0 Å². The summed E-state index contributed by atoms with van der Waals surface area (Å²) in [5.74, 6) is 0.883. The summed E-state index contributed by atoms with van der Waals surface area (Å²) in [5, 5.41) is 8.54. The third-order valence-corrected chi connectivity index (χ3v) is 4.42. The summed E-state index contributed by atoms with van der Waals surface area (Å²) in [6.45, 7) is 6.84. The van der Waals surface area contributed by atoms with E-state index in [2.05, 4.69) is 54.4 Å². The highest BCUT2D eigenvalue weighted by Gasteiger charge is 2.11. The van der Waals surface area contributed by atoms with Gasteiger partial charge in [0, 0.05) is 7.05 Å². The van der Waals surface area contributed by atoms with Crippen LogP contribution in [0.2, 0.25) is 5.15 Å². The quantitative estimate of drug-likeness (QED) is 0.792. The van der Waals surface area contributed by atoms with Crippen LogP contribution in [0.1, 0.15) is 22.6 Å². The van der Waals surface area contributed by atoms with Crippen LogP contribution < -0.4 is 5.32 Å². The Labute approximate surface area is 140 Å².